The summed E-state index contributed by atoms with van der Waals surface area (Å²) >= 11 is 6.57. The van der Waals surface area contributed by atoms with E-state index >= 15 is 0 Å². The van der Waals surface area contributed by atoms with Gasteiger partial charge in [0.15, 0.2) is 0 Å². The fraction of sp³-hybridized carbons (Fsp3) is 0.333. The molecule has 2 heterocycles. The van der Waals surface area contributed by atoms with Gasteiger partial charge in [0, 0.05) is 23.9 Å². The average molecular weight is 338 g/mol. The van der Waals surface area contributed by atoms with Crippen LogP contribution in [-0.2, 0) is 4.79 Å². The second-order valence-electron chi connectivity index (χ2n) is 3.27. The van der Waals surface area contributed by atoms with Gasteiger partial charge >= 0.3 is 0 Å². The van der Waals surface area contributed by atoms with Crippen molar-refractivity contribution in [2.45, 2.75) is 11.2 Å². The molecule has 0 radical (unpaired) electrons. The highest BCUT2D eigenvalue weighted by molar-refractivity contribution is 9.10. The van der Waals surface area contributed by atoms with Crippen molar-refractivity contribution in [2.24, 2.45) is 0 Å². The number of carbonyl (C=O) groups excluding carboxylic acids is 1. The van der Waals surface area contributed by atoms with Gasteiger partial charge in [-0.3, -0.25) is 4.79 Å². The van der Waals surface area contributed by atoms with Gasteiger partial charge in [-0.25, -0.2) is 9.37 Å². The molecule has 1 aliphatic rings. The summed E-state index contributed by atoms with van der Waals surface area (Å²) in [5.41, 5.74) is 0.488. The van der Waals surface area contributed by atoms with Crippen molar-refractivity contribution in [2.75, 3.05) is 11.4 Å². The molecule has 6 heteroatoms. The van der Waals surface area contributed by atoms with Crippen molar-refractivity contribution in [3.05, 3.63) is 22.7 Å². The second kappa shape index (κ2) is 4.17. The zero-order chi connectivity index (χ0) is 11.0. The van der Waals surface area contributed by atoms with Crippen molar-refractivity contribution in [3.63, 3.8) is 0 Å². The van der Waals surface area contributed by atoms with Crippen LogP contribution in [0.25, 0.3) is 0 Å². The highest BCUT2D eigenvalue weighted by atomic mass is 79.9. The molecule has 3 nitrogen and oxygen atoms in total. The third-order valence-electron chi connectivity index (χ3n) is 2.16. The predicted molar refractivity (Wildman–Crippen MR) is 61.6 cm³/mol. The van der Waals surface area contributed by atoms with E-state index in [0.29, 0.717) is 23.3 Å². The molecule has 0 N–H and O–H groups in total. The van der Waals surface area contributed by atoms with E-state index in [2.05, 4.69) is 36.8 Å². The summed E-state index contributed by atoms with van der Waals surface area (Å²) in [6.07, 6.45) is 1.54. The zero-order valence-corrected chi connectivity index (χ0v) is 10.8. The summed E-state index contributed by atoms with van der Waals surface area (Å²) in [7, 11) is 0. The summed E-state index contributed by atoms with van der Waals surface area (Å²) in [5.74, 6) is -0.469. The Morgan fingerprint density at radius 1 is 1.60 bits per heavy atom. The average Bonchev–Trinajstić information content (AvgIpc) is 2.50. The molecule has 1 aromatic heterocycles. The fourth-order valence-electron chi connectivity index (χ4n) is 1.50. The van der Waals surface area contributed by atoms with Crippen LogP contribution in [0, 0.1) is 5.82 Å². The molecule has 0 aliphatic carbocycles. The van der Waals surface area contributed by atoms with Crippen molar-refractivity contribution < 1.29 is 9.18 Å². The molecule has 0 saturated carbocycles. The number of hydrogen-bond acceptors (Lipinski definition) is 2. The smallest absolute Gasteiger partial charge is 0.228 e. The molecule has 0 aromatic carbocycles. The van der Waals surface area contributed by atoms with Crippen LogP contribution in [0.1, 0.15) is 6.42 Å². The minimum absolute atomic E-state index is 0.0232. The van der Waals surface area contributed by atoms with Crippen LogP contribution in [0.3, 0.4) is 0 Å². The third kappa shape index (κ3) is 2.20. The lowest BCUT2D eigenvalue weighted by molar-refractivity contribution is -0.117. The molecule has 2 rings (SSSR count). The van der Waals surface area contributed by atoms with E-state index < -0.39 is 5.82 Å². The number of alkyl halides is 1. The Hall–Kier alpha value is -0.490. The van der Waals surface area contributed by atoms with Crippen LogP contribution in [0.5, 0.6) is 0 Å². The Bertz CT molecular complexity index is 413. The van der Waals surface area contributed by atoms with Gasteiger partial charge in [0.05, 0.1) is 11.9 Å². The number of hydrogen-bond donors (Lipinski definition) is 0. The number of amides is 1. The van der Waals surface area contributed by atoms with Crippen molar-refractivity contribution in [1.82, 2.24) is 4.98 Å². The highest BCUT2D eigenvalue weighted by Gasteiger charge is 2.30. The Labute approximate surface area is 103 Å². The monoisotopic (exact) mass is 336 g/mol. The molecule has 0 spiro atoms. The van der Waals surface area contributed by atoms with Gasteiger partial charge < -0.3 is 4.90 Å². The van der Waals surface area contributed by atoms with E-state index in [9.17, 15) is 9.18 Å². The largest absolute Gasteiger partial charge is 0.309 e. The van der Waals surface area contributed by atoms with Crippen LogP contribution in [0.4, 0.5) is 10.1 Å². The Morgan fingerprint density at radius 3 is 2.93 bits per heavy atom. The molecule has 1 fully saturated rings. The summed E-state index contributed by atoms with van der Waals surface area (Å²) in [6, 6.07) is 1.31. The number of nitrogens with zero attached hydrogens (tertiary/aromatic N) is 2. The van der Waals surface area contributed by atoms with Gasteiger partial charge in [-0.2, -0.15) is 0 Å². The van der Waals surface area contributed by atoms with E-state index in [0.717, 1.165) is 6.20 Å². The quantitative estimate of drug-likeness (QED) is 0.582. The maximum absolute atomic E-state index is 13.0. The van der Waals surface area contributed by atoms with Crippen LogP contribution < -0.4 is 4.90 Å². The first-order chi connectivity index (χ1) is 7.08. The van der Waals surface area contributed by atoms with E-state index in [1.54, 1.807) is 0 Å². The van der Waals surface area contributed by atoms with Gasteiger partial charge in [-0.1, -0.05) is 15.9 Å². The lowest BCUT2D eigenvalue weighted by atomic mass is 10.3. The highest BCUT2D eigenvalue weighted by Crippen LogP contribution is 2.30. The number of pyridine rings is 1. The predicted octanol–water partition coefficient (Wildman–Crippen LogP) is 2.48. The first-order valence-electron chi connectivity index (χ1n) is 4.33. The number of aromatic nitrogens is 1. The SMILES string of the molecule is O=C1CC(Br)CN1c1cc(F)cnc1Br. The van der Waals surface area contributed by atoms with Crippen LogP contribution in [-0.4, -0.2) is 22.3 Å². The third-order valence-corrected chi connectivity index (χ3v) is 3.38. The van der Waals surface area contributed by atoms with Crippen molar-refractivity contribution >= 4 is 43.5 Å². The van der Waals surface area contributed by atoms with Gasteiger partial charge in [0.1, 0.15) is 10.4 Å². The summed E-state index contributed by atoms with van der Waals surface area (Å²) in [4.78, 5) is 17.0. The normalized spacial score (nSPS) is 21.1. The topological polar surface area (TPSA) is 33.2 Å². The molecule has 1 saturated heterocycles. The summed E-state index contributed by atoms with van der Waals surface area (Å²) in [5, 5.41) is 0. The molecule has 1 atom stereocenters. The molecule has 80 valence electrons. The van der Waals surface area contributed by atoms with E-state index in [4.69, 9.17) is 0 Å². The minimum Gasteiger partial charge on any atom is -0.309 e. The van der Waals surface area contributed by atoms with Crippen molar-refractivity contribution in [3.8, 4) is 0 Å². The summed E-state index contributed by atoms with van der Waals surface area (Å²) < 4.78 is 13.5. The molecule has 1 unspecified atom stereocenters. The van der Waals surface area contributed by atoms with Gasteiger partial charge in [0.25, 0.3) is 0 Å². The number of rotatable bonds is 1. The lowest BCUT2D eigenvalue weighted by Gasteiger charge is -2.16. The van der Waals surface area contributed by atoms with E-state index in [1.807, 2.05) is 0 Å². The molecule has 1 aliphatic heterocycles. The molecule has 0 bridgehead atoms. The maximum atomic E-state index is 13.0. The number of anilines is 1. The van der Waals surface area contributed by atoms with Crippen molar-refractivity contribution in [1.29, 1.82) is 0 Å². The molecular weight excluding hydrogens is 331 g/mol. The second-order valence-corrected chi connectivity index (χ2v) is 5.32. The standard InChI is InChI=1S/C9H7Br2FN2O/c10-5-1-8(15)14(4-5)7-2-6(12)3-13-9(7)11/h2-3,5H,1,4H2. The van der Waals surface area contributed by atoms with Gasteiger partial charge in [0.2, 0.25) is 5.91 Å². The molecule has 1 amide bonds. The number of halogens is 3. The fourth-order valence-corrected chi connectivity index (χ4v) is 2.50. The zero-order valence-electron chi connectivity index (χ0n) is 7.58. The van der Waals surface area contributed by atoms with Gasteiger partial charge in [-0.15, -0.1) is 0 Å². The van der Waals surface area contributed by atoms with E-state index in [-0.39, 0.29) is 10.7 Å². The Kier molecular flexibility index (Phi) is 3.06. The summed E-state index contributed by atoms with van der Waals surface area (Å²) in [6.45, 7) is 0.544. The Balaban J connectivity index is 2.37. The first-order valence-corrected chi connectivity index (χ1v) is 6.04. The molecular formula is C9H7Br2FN2O. The minimum atomic E-state index is -0.445. The van der Waals surface area contributed by atoms with Crippen LogP contribution in [0.2, 0.25) is 0 Å². The molecule has 1 aromatic rings. The number of carbonyl (C=O) groups is 1. The van der Waals surface area contributed by atoms with E-state index in [1.165, 1.54) is 11.0 Å². The lowest BCUT2D eigenvalue weighted by Crippen LogP contribution is -2.25. The maximum Gasteiger partial charge on any atom is 0.228 e. The first kappa shape index (κ1) is 11.0. The molecule has 15 heavy (non-hydrogen) atoms. The Morgan fingerprint density at radius 2 is 2.33 bits per heavy atom. The van der Waals surface area contributed by atoms with Crippen LogP contribution >= 0.6 is 31.9 Å². The van der Waals surface area contributed by atoms with Gasteiger partial charge in [-0.05, 0) is 15.9 Å². The van der Waals surface area contributed by atoms with Crippen LogP contribution in [0.15, 0.2) is 16.9 Å².